The Kier molecular flexibility index (Phi) is 7.51. The van der Waals surface area contributed by atoms with Crippen LogP contribution in [0.2, 0.25) is 0 Å². The van der Waals surface area contributed by atoms with Crippen molar-refractivity contribution in [2.75, 3.05) is 13.7 Å². The second-order valence-corrected chi connectivity index (χ2v) is 7.02. The third-order valence-corrected chi connectivity index (χ3v) is 4.25. The molecule has 0 spiro atoms. The van der Waals surface area contributed by atoms with E-state index < -0.39 is 10.8 Å². The maximum absolute atomic E-state index is 11.9. The van der Waals surface area contributed by atoms with Gasteiger partial charge in [-0.05, 0) is 41.8 Å². The van der Waals surface area contributed by atoms with Crippen LogP contribution in [0.25, 0.3) is 0 Å². The molecule has 0 bridgehead atoms. The maximum Gasteiger partial charge on any atom is 0.311 e. The largest absolute Gasteiger partial charge is 0.490 e. The molecule has 0 heterocycles. The fraction of sp³-hybridized carbons (Fsp3) is 0.263. The van der Waals surface area contributed by atoms with Gasteiger partial charge in [0.15, 0.2) is 12.4 Å². The molecule has 0 radical (unpaired) electrons. The van der Waals surface area contributed by atoms with E-state index in [9.17, 15) is 14.9 Å². The number of halogens is 1. The minimum Gasteiger partial charge on any atom is -0.490 e. The van der Waals surface area contributed by atoms with Crippen LogP contribution in [0.4, 0.5) is 5.69 Å². The smallest absolute Gasteiger partial charge is 0.311 e. The van der Waals surface area contributed by atoms with Crippen molar-refractivity contribution in [3.05, 3.63) is 62.1 Å². The summed E-state index contributed by atoms with van der Waals surface area (Å²) in [6, 6.07) is 9.95. The van der Waals surface area contributed by atoms with Crippen LogP contribution in [0.5, 0.6) is 11.5 Å². The zero-order valence-electron chi connectivity index (χ0n) is 15.6. The first-order chi connectivity index (χ1) is 13.3. The molecule has 0 unspecified atom stereocenters. The molecule has 1 N–H and O–H groups in total. The van der Waals surface area contributed by atoms with Crippen molar-refractivity contribution in [3.8, 4) is 11.5 Å². The summed E-state index contributed by atoms with van der Waals surface area (Å²) in [5.41, 5.74) is 3.58. The second kappa shape index (κ2) is 9.84. The summed E-state index contributed by atoms with van der Waals surface area (Å²) in [6.07, 6.45) is 1.31. The van der Waals surface area contributed by atoms with Crippen LogP contribution < -0.4 is 14.9 Å². The molecule has 0 fully saturated rings. The highest BCUT2D eigenvalue weighted by Crippen LogP contribution is 2.29. The van der Waals surface area contributed by atoms with E-state index in [2.05, 4.69) is 26.5 Å². The Labute approximate surface area is 170 Å². The van der Waals surface area contributed by atoms with Crippen LogP contribution in [0.1, 0.15) is 30.9 Å². The molecule has 0 saturated heterocycles. The van der Waals surface area contributed by atoms with E-state index in [-0.39, 0.29) is 24.0 Å². The molecule has 0 aliphatic rings. The van der Waals surface area contributed by atoms with Gasteiger partial charge in [-0.15, -0.1) is 0 Å². The molecule has 9 heteroatoms. The Morgan fingerprint density at radius 1 is 1.29 bits per heavy atom. The Balaban J connectivity index is 1.96. The van der Waals surface area contributed by atoms with Gasteiger partial charge in [0, 0.05) is 16.1 Å². The molecule has 2 rings (SSSR count). The van der Waals surface area contributed by atoms with E-state index in [1.54, 1.807) is 12.1 Å². The van der Waals surface area contributed by atoms with E-state index in [1.807, 2.05) is 26.0 Å². The highest BCUT2D eigenvalue weighted by atomic mass is 79.9. The third kappa shape index (κ3) is 5.78. The van der Waals surface area contributed by atoms with Gasteiger partial charge in [-0.3, -0.25) is 14.9 Å². The van der Waals surface area contributed by atoms with E-state index >= 15 is 0 Å². The molecule has 8 nitrogen and oxygen atoms in total. The van der Waals surface area contributed by atoms with Crippen LogP contribution in [-0.2, 0) is 4.79 Å². The minimum atomic E-state index is -0.548. The maximum atomic E-state index is 11.9. The topological polar surface area (TPSA) is 103 Å². The third-order valence-electron chi connectivity index (χ3n) is 3.76. The SMILES string of the molecule is COc1ccc(/C=N/NC(=O)COc2ccc(Br)cc2C(C)C)cc1[N+](=O)[O-]. The number of ether oxygens (including phenoxy) is 2. The van der Waals surface area contributed by atoms with Crippen LogP contribution in [0.15, 0.2) is 46.0 Å². The fourth-order valence-electron chi connectivity index (χ4n) is 2.39. The van der Waals surface area contributed by atoms with Crippen LogP contribution >= 0.6 is 15.9 Å². The summed E-state index contributed by atoms with van der Waals surface area (Å²) in [5.74, 6) is 0.564. The molecule has 0 saturated carbocycles. The summed E-state index contributed by atoms with van der Waals surface area (Å²) in [4.78, 5) is 22.4. The first kappa shape index (κ1) is 21.4. The van der Waals surface area contributed by atoms with Gasteiger partial charge in [0.2, 0.25) is 0 Å². The van der Waals surface area contributed by atoms with Gasteiger partial charge in [-0.1, -0.05) is 29.8 Å². The van der Waals surface area contributed by atoms with Crippen molar-refractivity contribution in [1.29, 1.82) is 0 Å². The van der Waals surface area contributed by atoms with E-state index in [0.29, 0.717) is 11.3 Å². The molecule has 28 heavy (non-hydrogen) atoms. The molecule has 0 aliphatic carbocycles. The number of benzene rings is 2. The molecule has 1 amide bonds. The lowest BCUT2D eigenvalue weighted by Crippen LogP contribution is -2.24. The first-order valence-corrected chi connectivity index (χ1v) is 9.17. The van der Waals surface area contributed by atoms with Gasteiger partial charge < -0.3 is 9.47 Å². The number of nitrogens with one attached hydrogen (secondary N) is 1. The Morgan fingerprint density at radius 2 is 2.00 bits per heavy atom. The predicted octanol–water partition coefficient (Wildman–Crippen LogP) is 4.02. The van der Waals surface area contributed by atoms with Crippen molar-refractivity contribution in [2.45, 2.75) is 19.8 Å². The van der Waals surface area contributed by atoms with Crippen molar-refractivity contribution < 1.29 is 19.2 Å². The number of hydrazone groups is 1. The summed E-state index contributed by atoms with van der Waals surface area (Å²) in [5, 5.41) is 14.8. The van der Waals surface area contributed by atoms with Gasteiger partial charge in [-0.2, -0.15) is 5.10 Å². The quantitative estimate of drug-likeness (QED) is 0.372. The summed E-state index contributed by atoms with van der Waals surface area (Å²) in [7, 11) is 1.35. The highest BCUT2D eigenvalue weighted by molar-refractivity contribution is 9.10. The van der Waals surface area contributed by atoms with E-state index in [1.165, 1.54) is 25.5 Å². The van der Waals surface area contributed by atoms with Gasteiger partial charge in [0.1, 0.15) is 5.75 Å². The number of amides is 1. The highest BCUT2D eigenvalue weighted by Gasteiger charge is 2.14. The summed E-state index contributed by atoms with van der Waals surface area (Å²) in [6.45, 7) is 3.86. The standard InChI is InChI=1S/C19H20BrN3O5/c1-12(2)15-9-14(20)5-7-17(15)28-11-19(24)22-21-10-13-4-6-18(27-3)16(8-13)23(25)26/h4-10,12H,11H2,1-3H3,(H,22,24)/b21-10+. The normalized spacial score (nSPS) is 10.9. The number of carbonyl (C=O) groups excluding carboxylic acids is 1. The number of methoxy groups -OCH3 is 1. The first-order valence-electron chi connectivity index (χ1n) is 8.38. The number of nitrogens with zero attached hydrogens (tertiary/aromatic N) is 2. The summed E-state index contributed by atoms with van der Waals surface area (Å²) < 4.78 is 11.5. The molecular weight excluding hydrogens is 430 g/mol. The average Bonchev–Trinajstić information content (AvgIpc) is 2.66. The molecule has 148 valence electrons. The molecule has 0 atom stereocenters. The van der Waals surface area contributed by atoms with Gasteiger partial charge in [-0.25, -0.2) is 5.43 Å². The van der Waals surface area contributed by atoms with Gasteiger partial charge >= 0.3 is 5.69 Å². The van der Waals surface area contributed by atoms with Crippen molar-refractivity contribution in [3.63, 3.8) is 0 Å². The lowest BCUT2D eigenvalue weighted by atomic mass is 10.0. The zero-order valence-corrected chi connectivity index (χ0v) is 17.2. The van der Waals surface area contributed by atoms with Crippen molar-refractivity contribution in [1.82, 2.24) is 5.43 Å². The lowest BCUT2D eigenvalue weighted by Gasteiger charge is -2.13. The van der Waals surface area contributed by atoms with Crippen LogP contribution in [-0.4, -0.2) is 30.8 Å². The average molecular weight is 450 g/mol. The Morgan fingerprint density at radius 3 is 2.64 bits per heavy atom. The van der Waals surface area contributed by atoms with Crippen molar-refractivity contribution >= 4 is 33.7 Å². The monoisotopic (exact) mass is 449 g/mol. The number of rotatable bonds is 8. The zero-order chi connectivity index (χ0) is 20.7. The number of hydrogen-bond donors (Lipinski definition) is 1. The van der Waals surface area contributed by atoms with E-state index in [4.69, 9.17) is 9.47 Å². The molecular formula is C19H20BrN3O5. The Bertz CT molecular complexity index is 899. The van der Waals surface area contributed by atoms with Crippen LogP contribution in [0.3, 0.4) is 0 Å². The minimum absolute atomic E-state index is 0.148. The molecule has 0 aromatic heterocycles. The summed E-state index contributed by atoms with van der Waals surface area (Å²) >= 11 is 3.42. The number of nitro groups is 1. The number of nitro benzene ring substituents is 1. The molecule has 2 aromatic rings. The van der Waals surface area contributed by atoms with Crippen LogP contribution in [0, 0.1) is 10.1 Å². The number of carbonyl (C=O) groups is 1. The molecule has 0 aliphatic heterocycles. The van der Waals surface area contributed by atoms with Gasteiger partial charge in [0.25, 0.3) is 5.91 Å². The second-order valence-electron chi connectivity index (χ2n) is 6.11. The van der Waals surface area contributed by atoms with Gasteiger partial charge in [0.05, 0.1) is 18.2 Å². The fourth-order valence-corrected chi connectivity index (χ4v) is 2.77. The van der Waals surface area contributed by atoms with Crippen molar-refractivity contribution in [2.24, 2.45) is 5.10 Å². The lowest BCUT2D eigenvalue weighted by molar-refractivity contribution is -0.385. The molecule has 2 aromatic carbocycles. The van der Waals surface area contributed by atoms with E-state index in [0.717, 1.165) is 10.0 Å². The predicted molar refractivity (Wildman–Crippen MR) is 109 cm³/mol. The Hall–Kier alpha value is -2.94. The number of hydrogen-bond acceptors (Lipinski definition) is 6.